The zero-order valence-corrected chi connectivity index (χ0v) is 34.5. The smallest absolute Gasteiger partial charge is 0.0720 e. The molecular formula is C59H45N. The summed E-state index contributed by atoms with van der Waals surface area (Å²) in [5.41, 5.74) is 21.2. The van der Waals surface area contributed by atoms with E-state index in [2.05, 4.69) is 233 Å². The number of hydrogen-bond acceptors (Lipinski definition) is 1. The maximum absolute atomic E-state index is 2.59. The SMILES string of the molecule is CC1(C)c2ccccc2-c2ccc(N(c3ccc4c(c3)C(C)(C)c3ccccc3-4)c3cc4ccccc4c4c3-c3ccccc3C4(c3ccccc3)c3ccccc3)cc21. The van der Waals surface area contributed by atoms with Crippen LogP contribution in [0, 0.1) is 0 Å². The van der Waals surface area contributed by atoms with Crippen LogP contribution in [0.15, 0.2) is 200 Å². The Hall–Kier alpha value is -6.96. The van der Waals surface area contributed by atoms with Crippen molar-refractivity contribution in [3.8, 4) is 33.4 Å². The van der Waals surface area contributed by atoms with Crippen LogP contribution in [0.2, 0.25) is 0 Å². The molecule has 3 aliphatic carbocycles. The second kappa shape index (κ2) is 12.5. The van der Waals surface area contributed by atoms with Crippen LogP contribution in [0.4, 0.5) is 17.1 Å². The third-order valence-electron chi connectivity index (χ3n) is 14.3. The van der Waals surface area contributed by atoms with Crippen molar-refractivity contribution in [2.24, 2.45) is 0 Å². The third kappa shape index (κ3) is 4.58. The number of hydrogen-bond donors (Lipinski definition) is 0. The van der Waals surface area contributed by atoms with E-state index in [1.54, 1.807) is 0 Å². The van der Waals surface area contributed by atoms with Crippen molar-refractivity contribution >= 4 is 27.8 Å². The van der Waals surface area contributed by atoms with Crippen LogP contribution in [0.1, 0.15) is 72.2 Å². The standard InChI is InChI=1S/C59H45N/c1-57(2)49-28-16-13-25-44(49)46-33-31-41(36-52(46)57)60(42-32-34-47-45-26-14-17-29-50(45)58(3,4)53(47)37-42)54-35-38-19-11-12-24-43(38)56-55(54)48-27-15-18-30-51(48)59(56,39-20-7-5-8-21-39)40-22-9-6-10-23-40/h5-37H,1-4H3. The highest BCUT2D eigenvalue weighted by molar-refractivity contribution is 6.08. The van der Waals surface area contributed by atoms with Gasteiger partial charge in [-0.05, 0) is 113 Å². The lowest BCUT2D eigenvalue weighted by Gasteiger charge is -2.36. The fraction of sp³-hybridized carbons (Fsp3) is 0.119. The Labute approximate surface area is 353 Å². The van der Waals surface area contributed by atoms with E-state index < -0.39 is 5.41 Å². The molecule has 0 aromatic heterocycles. The normalized spacial score (nSPS) is 15.4. The van der Waals surface area contributed by atoms with E-state index in [4.69, 9.17) is 0 Å². The topological polar surface area (TPSA) is 3.24 Å². The Morgan fingerprint density at radius 1 is 0.350 bits per heavy atom. The Kier molecular flexibility index (Phi) is 7.31. The van der Waals surface area contributed by atoms with Gasteiger partial charge in [-0.15, -0.1) is 0 Å². The molecule has 0 unspecified atom stereocenters. The Morgan fingerprint density at radius 3 is 1.33 bits per heavy atom. The van der Waals surface area contributed by atoms with Gasteiger partial charge in [0.25, 0.3) is 0 Å². The molecule has 0 fully saturated rings. The Morgan fingerprint density at radius 2 is 0.783 bits per heavy atom. The highest BCUT2D eigenvalue weighted by atomic mass is 15.1. The Balaban J connectivity index is 1.21. The van der Waals surface area contributed by atoms with Crippen molar-refractivity contribution in [1.82, 2.24) is 0 Å². The van der Waals surface area contributed by atoms with E-state index in [-0.39, 0.29) is 10.8 Å². The van der Waals surface area contributed by atoms with E-state index in [0.29, 0.717) is 0 Å². The molecule has 0 aliphatic heterocycles. The quantitative estimate of drug-likeness (QED) is 0.169. The maximum atomic E-state index is 2.59. The van der Waals surface area contributed by atoms with Crippen molar-refractivity contribution in [3.05, 3.63) is 245 Å². The highest BCUT2D eigenvalue weighted by Gasteiger charge is 2.49. The summed E-state index contributed by atoms with van der Waals surface area (Å²) in [6, 6.07) is 75.6. The van der Waals surface area contributed by atoms with Gasteiger partial charge in [-0.1, -0.05) is 198 Å². The van der Waals surface area contributed by atoms with Crippen molar-refractivity contribution in [3.63, 3.8) is 0 Å². The van der Waals surface area contributed by atoms with Crippen molar-refractivity contribution in [2.45, 2.75) is 43.9 Å². The van der Waals surface area contributed by atoms with Crippen LogP contribution in [0.25, 0.3) is 44.2 Å². The minimum Gasteiger partial charge on any atom is -0.310 e. The number of nitrogens with zero attached hydrogens (tertiary/aromatic N) is 1. The summed E-state index contributed by atoms with van der Waals surface area (Å²) < 4.78 is 0. The Bertz CT molecular complexity index is 3060. The van der Waals surface area contributed by atoms with Gasteiger partial charge in [0.1, 0.15) is 0 Å². The lowest BCUT2D eigenvalue weighted by Crippen LogP contribution is -2.29. The van der Waals surface area contributed by atoms with E-state index in [1.807, 2.05) is 0 Å². The summed E-state index contributed by atoms with van der Waals surface area (Å²) in [6.07, 6.45) is 0. The first-order valence-electron chi connectivity index (χ1n) is 21.4. The van der Waals surface area contributed by atoms with Crippen LogP contribution in [-0.2, 0) is 16.2 Å². The highest BCUT2D eigenvalue weighted by Crippen LogP contribution is 2.62. The number of fused-ring (bicyclic) bond motifs is 11. The molecule has 0 bridgehead atoms. The molecule has 3 aliphatic rings. The monoisotopic (exact) mass is 767 g/mol. The van der Waals surface area contributed by atoms with Gasteiger partial charge in [-0.25, -0.2) is 0 Å². The van der Waals surface area contributed by atoms with Gasteiger partial charge >= 0.3 is 0 Å². The van der Waals surface area contributed by atoms with Gasteiger partial charge in [0, 0.05) is 27.8 Å². The zero-order valence-electron chi connectivity index (χ0n) is 34.5. The first-order chi connectivity index (χ1) is 29.3. The van der Waals surface area contributed by atoms with Gasteiger partial charge in [0.2, 0.25) is 0 Å². The van der Waals surface area contributed by atoms with E-state index in [9.17, 15) is 0 Å². The van der Waals surface area contributed by atoms with Crippen molar-refractivity contribution < 1.29 is 0 Å². The molecule has 9 aromatic carbocycles. The molecule has 12 rings (SSSR count). The van der Waals surface area contributed by atoms with E-state index >= 15 is 0 Å². The van der Waals surface area contributed by atoms with Crippen LogP contribution in [-0.4, -0.2) is 0 Å². The van der Waals surface area contributed by atoms with Crippen LogP contribution >= 0.6 is 0 Å². The average Bonchev–Trinajstić information content (AvgIpc) is 3.83. The van der Waals surface area contributed by atoms with Gasteiger partial charge < -0.3 is 4.90 Å². The summed E-state index contributed by atoms with van der Waals surface area (Å²) in [5.74, 6) is 0. The lowest BCUT2D eigenvalue weighted by molar-refractivity contribution is 0.660. The van der Waals surface area contributed by atoms with Crippen molar-refractivity contribution in [1.29, 1.82) is 0 Å². The predicted octanol–water partition coefficient (Wildman–Crippen LogP) is 15.3. The summed E-state index contributed by atoms with van der Waals surface area (Å²) >= 11 is 0. The fourth-order valence-corrected chi connectivity index (χ4v) is 11.6. The number of anilines is 3. The van der Waals surface area contributed by atoms with Crippen LogP contribution in [0.5, 0.6) is 0 Å². The molecule has 286 valence electrons. The van der Waals surface area contributed by atoms with Gasteiger partial charge in [-0.2, -0.15) is 0 Å². The molecule has 0 radical (unpaired) electrons. The average molecular weight is 768 g/mol. The molecule has 0 N–H and O–H groups in total. The number of benzene rings is 9. The van der Waals surface area contributed by atoms with Gasteiger partial charge in [0.05, 0.1) is 11.1 Å². The summed E-state index contributed by atoms with van der Waals surface area (Å²) in [6.45, 7) is 9.55. The third-order valence-corrected chi connectivity index (χ3v) is 14.3. The summed E-state index contributed by atoms with van der Waals surface area (Å²) in [7, 11) is 0. The van der Waals surface area contributed by atoms with Gasteiger partial charge in [-0.3, -0.25) is 0 Å². The summed E-state index contributed by atoms with van der Waals surface area (Å²) in [5, 5.41) is 2.50. The molecule has 0 saturated heterocycles. The second-order valence-corrected chi connectivity index (χ2v) is 18.0. The summed E-state index contributed by atoms with van der Waals surface area (Å²) in [4.78, 5) is 2.59. The molecule has 0 atom stereocenters. The molecule has 60 heavy (non-hydrogen) atoms. The van der Waals surface area contributed by atoms with E-state index in [1.165, 1.54) is 94.3 Å². The van der Waals surface area contributed by atoms with Crippen LogP contribution < -0.4 is 4.90 Å². The molecule has 1 nitrogen and oxygen atoms in total. The van der Waals surface area contributed by atoms with E-state index in [0.717, 1.165) is 11.4 Å². The molecule has 1 heteroatoms. The second-order valence-electron chi connectivity index (χ2n) is 18.0. The molecule has 9 aromatic rings. The molecule has 0 saturated carbocycles. The zero-order chi connectivity index (χ0) is 40.4. The largest absolute Gasteiger partial charge is 0.310 e. The maximum Gasteiger partial charge on any atom is 0.0720 e. The molecular weight excluding hydrogens is 723 g/mol. The van der Waals surface area contributed by atoms with Crippen molar-refractivity contribution in [2.75, 3.05) is 4.90 Å². The fourth-order valence-electron chi connectivity index (χ4n) is 11.6. The first kappa shape index (κ1) is 35.0. The minimum atomic E-state index is -0.557. The minimum absolute atomic E-state index is 0.150. The van der Waals surface area contributed by atoms with Gasteiger partial charge in [0.15, 0.2) is 0 Å². The first-order valence-corrected chi connectivity index (χ1v) is 21.4. The number of rotatable bonds is 5. The molecule has 0 spiro atoms. The lowest BCUT2D eigenvalue weighted by atomic mass is 9.66. The predicted molar refractivity (Wildman–Crippen MR) is 251 cm³/mol. The molecule has 0 heterocycles. The molecule has 0 amide bonds. The van der Waals surface area contributed by atoms with Crippen LogP contribution in [0.3, 0.4) is 0 Å².